The summed E-state index contributed by atoms with van der Waals surface area (Å²) in [7, 11) is 0. The number of hydrogen-bond acceptors (Lipinski definition) is 5. The van der Waals surface area contributed by atoms with Gasteiger partial charge < -0.3 is 14.5 Å². The van der Waals surface area contributed by atoms with Gasteiger partial charge in [-0.1, -0.05) is 6.07 Å². The summed E-state index contributed by atoms with van der Waals surface area (Å²) in [5.74, 6) is 0.525. The first-order chi connectivity index (χ1) is 15.7. The molecule has 11 heteroatoms. The van der Waals surface area contributed by atoms with Crippen LogP contribution in [-0.2, 0) is 30.7 Å². The highest BCUT2D eigenvalue weighted by molar-refractivity contribution is 7.80. The third-order valence-electron chi connectivity index (χ3n) is 4.83. The Morgan fingerprint density at radius 3 is 2.82 bits per heavy atom. The average molecular weight is 476 g/mol. The standard InChI is InChI=1S/C22H19F3N4O3S/c1-2-28-11-14(10-26-28)12-29-20(30)19(27-21(29)33)9-17-6-7-18(32-17)13-31-16-5-3-4-15(8-16)22(23,24)25/h3-11H,2,12-13H2,1H3,(H,27,33)/b19-9+. The molecule has 3 aromatic rings. The van der Waals surface area contributed by atoms with Gasteiger partial charge in [0.15, 0.2) is 5.11 Å². The molecule has 1 fully saturated rings. The molecular formula is C22H19F3N4O3S. The number of nitrogens with one attached hydrogen (secondary N) is 1. The first kappa shape index (κ1) is 22.6. The molecule has 0 bridgehead atoms. The van der Waals surface area contributed by atoms with Gasteiger partial charge in [0.2, 0.25) is 0 Å². The van der Waals surface area contributed by atoms with Crippen molar-refractivity contribution in [1.29, 1.82) is 0 Å². The highest BCUT2D eigenvalue weighted by Crippen LogP contribution is 2.31. The van der Waals surface area contributed by atoms with E-state index < -0.39 is 11.7 Å². The lowest BCUT2D eigenvalue weighted by Crippen LogP contribution is -2.29. The van der Waals surface area contributed by atoms with Gasteiger partial charge in [0.25, 0.3) is 5.91 Å². The molecule has 0 aliphatic carbocycles. The van der Waals surface area contributed by atoms with Crippen LogP contribution in [0.2, 0.25) is 0 Å². The molecule has 1 saturated heterocycles. The molecule has 3 heterocycles. The Kier molecular flexibility index (Phi) is 6.23. The molecule has 7 nitrogen and oxygen atoms in total. The van der Waals surface area contributed by atoms with Crippen molar-refractivity contribution in [2.75, 3.05) is 0 Å². The normalized spacial score (nSPS) is 15.4. The molecule has 2 aromatic heterocycles. The molecule has 1 aliphatic rings. The Morgan fingerprint density at radius 2 is 2.09 bits per heavy atom. The summed E-state index contributed by atoms with van der Waals surface area (Å²) in [6, 6.07) is 7.85. The van der Waals surface area contributed by atoms with Crippen molar-refractivity contribution >= 4 is 29.3 Å². The molecule has 1 N–H and O–H groups in total. The molecule has 0 radical (unpaired) electrons. The number of carbonyl (C=O) groups excluding carboxylic acids is 1. The molecule has 172 valence electrons. The molecule has 0 saturated carbocycles. The van der Waals surface area contributed by atoms with Gasteiger partial charge in [-0.15, -0.1) is 0 Å². The van der Waals surface area contributed by atoms with E-state index >= 15 is 0 Å². The molecule has 33 heavy (non-hydrogen) atoms. The minimum atomic E-state index is -4.45. The zero-order valence-electron chi connectivity index (χ0n) is 17.4. The summed E-state index contributed by atoms with van der Waals surface area (Å²) in [6.07, 6.45) is 0.595. The van der Waals surface area contributed by atoms with E-state index in [1.54, 1.807) is 23.0 Å². The smallest absolute Gasteiger partial charge is 0.416 e. The Hall–Kier alpha value is -3.60. The lowest BCUT2D eigenvalue weighted by atomic mass is 10.2. The number of halogens is 3. The van der Waals surface area contributed by atoms with Gasteiger partial charge >= 0.3 is 6.18 Å². The van der Waals surface area contributed by atoms with Gasteiger partial charge in [-0.05, 0) is 49.5 Å². The number of alkyl halides is 3. The number of furan rings is 1. The van der Waals surface area contributed by atoms with Crippen LogP contribution in [0.1, 0.15) is 29.6 Å². The Labute approximate surface area is 192 Å². The monoisotopic (exact) mass is 476 g/mol. The van der Waals surface area contributed by atoms with Crippen molar-refractivity contribution in [3.8, 4) is 5.75 Å². The van der Waals surface area contributed by atoms with Gasteiger partial charge in [-0.3, -0.25) is 14.4 Å². The van der Waals surface area contributed by atoms with Crippen molar-refractivity contribution in [2.24, 2.45) is 0 Å². The maximum Gasteiger partial charge on any atom is 0.416 e. The van der Waals surface area contributed by atoms with E-state index in [-0.39, 0.29) is 35.6 Å². The Balaban J connectivity index is 1.40. The summed E-state index contributed by atoms with van der Waals surface area (Å²) in [4.78, 5) is 14.2. The second-order valence-electron chi connectivity index (χ2n) is 7.20. The van der Waals surface area contributed by atoms with Gasteiger partial charge in [-0.2, -0.15) is 18.3 Å². The third kappa shape index (κ3) is 5.25. The lowest BCUT2D eigenvalue weighted by molar-refractivity contribution is -0.137. The van der Waals surface area contributed by atoms with Crippen molar-refractivity contribution in [1.82, 2.24) is 20.0 Å². The number of hydrogen-bond donors (Lipinski definition) is 1. The van der Waals surface area contributed by atoms with Crippen LogP contribution in [-0.4, -0.2) is 25.7 Å². The molecule has 1 amide bonds. The minimum Gasteiger partial charge on any atom is -0.486 e. The fourth-order valence-corrected chi connectivity index (χ4v) is 3.42. The van der Waals surface area contributed by atoms with Crippen molar-refractivity contribution < 1.29 is 27.1 Å². The summed E-state index contributed by atoms with van der Waals surface area (Å²) in [5.41, 5.74) is 0.309. The maximum atomic E-state index is 12.8. The number of rotatable bonds is 7. The minimum absolute atomic E-state index is 0.0705. The van der Waals surface area contributed by atoms with Crippen LogP contribution >= 0.6 is 12.2 Å². The van der Waals surface area contributed by atoms with Gasteiger partial charge in [0, 0.05) is 24.4 Å². The van der Waals surface area contributed by atoms with E-state index in [1.807, 2.05) is 13.1 Å². The number of amides is 1. The fraction of sp³-hybridized carbons (Fsp3) is 0.227. The highest BCUT2D eigenvalue weighted by atomic mass is 32.1. The predicted octanol–water partition coefficient (Wildman–Crippen LogP) is 4.35. The lowest BCUT2D eigenvalue weighted by Gasteiger charge is -2.12. The first-order valence-corrected chi connectivity index (χ1v) is 10.4. The highest BCUT2D eigenvalue weighted by Gasteiger charge is 2.32. The second kappa shape index (κ2) is 9.10. The molecular weight excluding hydrogens is 457 g/mol. The zero-order chi connectivity index (χ0) is 23.6. The second-order valence-corrected chi connectivity index (χ2v) is 7.59. The van der Waals surface area contributed by atoms with Crippen molar-refractivity contribution in [2.45, 2.75) is 32.8 Å². The molecule has 1 aliphatic heterocycles. The van der Waals surface area contributed by atoms with Crippen LogP contribution in [0.5, 0.6) is 5.75 Å². The molecule has 1 aromatic carbocycles. The van der Waals surface area contributed by atoms with Gasteiger partial charge in [0.1, 0.15) is 29.6 Å². The maximum absolute atomic E-state index is 12.8. The van der Waals surface area contributed by atoms with E-state index in [9.17, 15) is 18.0 Å². The number of ether oxygens (including phenoxy) is 1. The van der Waals surface area contributed by atoms with E-state index in [1.165, 1.54) is 23.1 Å². The molecule has 0 atom stereocenters. The van der Waals surface area contributed by atoms with Crippen LogP contribution in [0.3, 0.4) is 0 Å². The summed E-state index contributed by atoms with van der Waals surface area (Å²) < 4.78 is 51.3. The number of nitrogens with zero attached hydrogens (tertiary/aromatic N) is 3. The Bertz CT molecular complexity index is 1220. The summed E-state index contributed by atoms with van der Waals surface area (Å²) in [6.45, 7) is 2.90. The van der Waals surface area contributed by atoms with Crippen molar-refractivity contribution in [3.05, 3.63) is 77.1 Å². The SMILES string of the molecule is CCn1cc(CN2C(=O)/C(=C\c3ccc(COc4cccc(C(F)(F)F)c4)o3)NC2=S)cn1. The van der Waals surface area contributed by atoms with Crippen LogP contribution in [0, 0.1) is 0 Å². The third-order valence-corrected chi connectivity index (χ3v) is 5.15. The largest absolute Gasteiger partial charge is 0.486 e. The van der Waals surface area contributed by atoms with Crippen LogP contribution in [0.25, 0.3) is 6.08 Å². The average Bonchev–Trinajstić information content (AvgIpc) is 3.49. The first-order valence-electron chi connectivity index (χ1n) is 9.97. The number of aromatic nitrogens is 2. The summed E-state index contributed by atoms with van der Waals surface area (Å²) >= 11 is 5.28. The number of thiocarbonyl (C=S) groups is 1. The molecule has 4 rings (SSSR count). The molecule has 0 unspecified atom stereocenters. The van der Waals surface area contributed by atoms with Gasteiger partial charge in [-0.25, -0.2) is 0 Å². The van der Waals surface area contributed by atoms with Crippen LogP contribution in [0.15, 0.2) is 58.9 Å². The Morgan fingerprint density at radius 1 is 1.27 bits per heavy atom. The van der Waals surface area contributed by atoms with Crippen molar-refractivity contribution in [3.63, 3.8) is 0 Å². The van der Waals surface area contributed by atoms with Gasteiger partial charge in [0.05, 0.1) is 18.3 Å². The van der Waals surface area contributed by atoms with Crippen LogP contribution < -0.4 is 10.1 Å². The number of benzene rings is 1. The topological polar surface area (TPSA) is 72.5 Å². The van der Waals surface area contributed by atoms with E-state index in [0.717, 1.165) is 24.2 Å². The number of carbonyl (C=O) groups is 1. The quantitative estimate of drug-likeness (QED) is 0.404. The molecule has 0 spiro atoms. The van der Waals surface area contributed by atoms with E-state index in [0.29, 0.717) is 11.5 Å². The van der Waals surface area contributed by atoms with E-state index in [2.05, 4.69) is 10.4 Å². The number of aryl methyl sites for hydroxylation is 1. The summed E-state index contributed by atoms with van der Waals surface area (Å²) in [5, 5.41) is 7.34. The fourth-order valence-electron chi connectivity index (χ4n) is 3.17. The van der Waals surface area contributed by atoms with E-state index in [4.69, 9.17) is 21.4 Å². The zero-order valence-corrected chi connectivity index (χ0v) is 18.2. The van der Waals surface area contributed by atoms with Crippen LogP contribution in [0.4, 0.5) is 13.2 Å². The predicted molar refractivity (Wildman–Crippen MR) is 117 cm³/mol.